The minimum Gasteiger partial charge on any atom is -0.497 e. The first-order valence-electron chi connectivity index (χ1n) is 6.51. The molecule has 3 N–H and O–H groups in total. The van der Waals surface area contributed by atoms with Crippen LogP contribution in [0.25, 0.3) is 0 Å². The molecular formula is C16H17BrN2O2. The van der Waals surface area contributed by atoms with Gasteiger partial charge in [0, 0.05) is 11.0 Å². The summed E-state index contributed by atoms with van der Waals surface area (Å²) in [5.41, 5.74) is 7.38. The molecule has 0 aliphatic rings. The predicted molar refractivity (Wildman–Crippen MR) is 85.9 cm³/mol. The van der Waals surface area contributed by atoms with Gasteiger partial charge < -0.3 is 10.5 Å². The molecule has 1 amide bonds. The van der Waals surface area contributed by atoms with Gasteiger partial charge in [-0.05, 0) is 35.4 Å². The zero-order chi connectivity index (χ0) is 15.2. The second kappa shape index (κ2) is 7.24. The molecule has 0 saturated carbocycles. The molecular weight excluding hydrogens is 332 g/mol. The third-order valence-corrected chi connectivity index (χ3v) is 3.69. The number of methoxy groups -OCH3 is 1. The van der Waals surface area contributed by atoms with Crippen molar-refractivity contribution in [3.63, 3.8) is 0 Å². The summed E-state index contributed by atoms with van der Waals surface area (Å²) in [6.45, 7) is 0.549. The van der Waals surface area contributed by atoms with E-state index in [4.69, 9.17) is 10.5 Å². The number of rotatable bonds is 6. The van der Waals surface area contributed by atoms with Crippen LogP contribution in [0.1, 0.15) is 17.2 Å². The Bertz CT molecular complexity index is 597. The Morgan fingerprint density at radius 3 is 2.33 bits per heavy atom. The largest absolute Gasteiger partial charge is 0.497 e. The molecule has 0 aliphatic carbocycles. The summed E-state index contributed by atoms with van der Waals surface area (Å²) < 4.78 is 6.08. The maximum absolute atomic E-state index is 11.6. The summed E-state index contributed by atoms with van der Waals surface area (Å²) in [5.74, 6) is 0.406. The van der Waals surface area contributed by atoms with Crippen molar-refractivity contribution in [3.8, 4) is 5.75 Å². The normalized spacial score (nSPS) is 11.9. The lowest BCUT2D eigenvalue weighted by atomic mass is 10.1. The van der Waals surface area contributed by atoms with Gasteiger partial charge in [0.15, 0.2) is 0 Å². The first kappa shape index (κ1) is 15.5. The topological polar surface area (TPSA) is 64.3 Å². The molecule has 110 valence electrons. The van der Waals surface area contributed by atoms with E-state index in [1.807, 2.05) is 48.5 Å². The van der Waals surface area contributed by atoms with Gasteiger partial charge in [-0.15, -0.1) is 0 Å². The van der Waals surface area contributed by atoms with Crippen molar-refractivity contribution in [1.29, 1.82) is 0 Å². The van der Waals surface area contributed by atoms with Gasteiger partial charge >= 0.3 is 0 Å². The van der Waals surface area contributed by atoms with Crippen molar-refractivity contribution in [2.75, 3.05) is 7.11 Å². The standard InChI is InChI=1S/C16H17BrN2O2/c1-21-14-8-2-11(3-9-14)10-19-15(16(18)20)12-4-6-13(17)7-5-12/h2-9,15,19H,10H2,1H3,(H2,18,20). The van der Waals surface area contributed by atoms with Gasteiger partial charge in [-0.2, -0.15) is 0 Å². The van der Waals surface area contributed by atoms with Gasteiger partial charge in [0.2, 0.25) is 5.91 Å². The van der Waals surface area contributed by atoms with Crippen LogP contribution in [-0.4, -0.2) is 13.0 Å². The van der Waals surface area contributed by atoms with Gasteiger partial charge in [-0.1, -0.05) is 40.2 Å². The van der Waals surface area contributed by atoms with Crippen LogP contribution < -0.4 is 15.8 Å². The Morgan fingerprint density at radius 2 is 1.81 bits per heavy atom. The number of nitrogens with two attached hydrogens (primary N) is 1. The van der Waals surface area contributed by atoms with E-state index in [-0.39, 0.29) is 0 Å². The highest BCUT2D eigenvalue weighted by Crippen LogP contribution is 2.18. The SMILES string of the molecule is COc1ccc(CNC(C(N)=O)c2ccc(Br)cc2)cc1. The Hall–Kier alpha value is -1.85. The first-order chi connectivity index (χ1) is 10.1. The van der Waals surface area contributed by atoms with Crippen molar-refractivity contribution < 1.29 is 9.53 Å². The molecule has 21 heavy (non-hydrogen) atoms. The fraction of sp³-hybridized carbons (Fsp3) is 0.188. The van der Waals surface area contributed by atoms with Crippen LogP contribution in [0.5, 0.6) is 5.75 Å². The summed E-state index contributed by atoms with van der Waals surface area (Å²) in [4.78, 5) is 11.6. The number of primary amides is 1. The van der Waals surface area contributed by atoms with Crippen molar-refractivity contribution in [3.05, 3.63) is 64.1 Å². The highest BCUT2D eigenvalue weighted by molar-refractivity contribution is 9.10. The summed E-state index contributed by atoms with van der Waals surface area (Å²) in [6.07, 6.45) is 0. The molecule has 0 heterocycles. The molecule has 2 aromatic carbocycles. The van der Waals surface area contributed by atoms with Crippen LogP contribution >= 0.6 is 15.9 Å². The van der Waals surface area contributed by atoms with Crippen molar-refractivity contribution in [2.24, 2.45) is 5.73 Å². The molecule has 0 spiro atoms. The quantitative estimate of drug-likeness (QED) is 0.843. The molecule has 0 saturated heterocycles. The predicted octanol–water partition coefficient (Wildman–Crippen LogP) is 2.77. The third-order valence-electron chi connectivity index (χ3n) is 3.16. The van der Waals surface area contributed by atoms with Gasteiger partial charge in [0.1, 0.15) is 11.8 Å². The molecule has 2 rings (SSSR count). The Labute approximate surface area is 132 Å². The molecule has 0 aliphatic heterocycles. The molecule has 0 bridgehead atoms. The minimum absolute atomic E-state index is 0.397. The Balaban J connectivity index is 2.06. The second-order valence-electron chi connectivity index (χ2n) is 4.62. The van der Waals surface area contributed by atoms with Crippen LogP contribution in [0, 0.1) is 0 Å². The number of hydrogen-bond acceptors (Lipinski definition) is 3. The van der Waals surface area contributed by atoms with E-state index in [0.717, 1.165) is 21.3 Å². The van der Waals surface area contributed by atoms with E-state index in [1.54, 1.807) is 7.11 Å². The van der Waals surface area contributed by atoms with Crippen LogP contribution in [-0.2, 0) is 11.3 Å². The highest BCUT2D eigenvalue weighted by atomic mass is 79.9. The summed E-state index contributed by atoms with van der Waals surface area (Å²) in [5, 5.41) is 3.18. The van der Waals surface area contributed by atoms with E-state index in [0.29, 0.717) is 6.54 Å². The van der Waals surface area contributed by atoms with E-state index in [9.17, 15) is 4.79 Å². The molecule has 0 radical (unpaired) electrons. The average Bonchev–Trinajstić information content (AvgIpc) is 2.49. The van der Waals surface area contributed by atoms with Gasteiger partial charge in [-0.25, -0.2) is 0 Å². The smallest absolute Gasteiger partial charge is 0.239 e. The second-order valence-corrected chi connectivity index (χ2v) is 5.53. The van der Waals surface area contributed by atoms with Crippen molar-refractivity contribution in [1.82, 2.24) is 5.32 Å². The zero-order valence-electron chi connectivity index (χ0n) is 11.7. The fourth-order valence-electron chi connectivity index (χ4n) is 2.00. The lowest BCUT2D eigenvalue weighted by Crippen LogP contribution is -2.33. The third kappa shape index (κ3) is 4.31. The average molecular weight is 349 g/mol. The van der Waals surface area contributed by atoms with Gasteiger partial charge in [0.05, 0.1) is 7.11 Å². The molecule has 0 fully saturated rings. The monoisotopic (exact) mass is 348 g/mol. The van der Waals surface area contributed by atoms with Crippen molar-refractivity contribution in [2.45, 2.75) is 12.6 Å². The maximum Gasteiger partial charge on any atom is 0.239 e. The summed E-state index contributed by atoms with van der Waals surface area (Å²) in [6, 6.07) is 14.7. The van der Waals surface area contributed by atoms with E-state index < -0.39 is 11.9 Å². The number of benzene rings is 2. The van der Waals surface area contributed by atoms with E-state index in [1.165, 1.54) is 0 Å². The fourth-order valence-corrected chi connectivity index (χ4v) is 2.27. The van der Waals surface area contributed by atoms with E-state index >= 15 is 0 Å². The molecule has 1 unspecified atom stereocenters. The lowest BCUT2D eigenvalue weighted by molar-refractivity contribution is -0.120. The molecule has 0 aromatic heterocycles. The number of ether oxygens (including phenoxy) is 1. The Morgan fingerprint density at radius 1 is 1.19 bits per heavy atom. The lowest BCUT2D eigenvalue weighted by Gasteiger charge is -2.16. The number of hydrogen-bond donors (Lipinski definition) is 2. The number of carbonyl (C=O) groups is 1. The molecule has 4 nitrogen and oxygen atoms in total. The maximum atomic E-state index is 11.6. The first-order valence-corrected chi connectivity index (χ1v) is 7.30. The van der Waals surface area contributed by atoms with Crippen molar-refractivity contribution >= 4 is 21.8 Å². The van der Waals surface area contributed by atoms with Gasteiger partial charge in [-0.3, -0.25) is 10.1 Å². The van der Waals surface area contributed by atoms with Crippen LogP contribution in [0.3, 0.4) is 0 Å². The summed E-state index contributed by atoms with van der Waals surface area (Å²) >= 11 is 3.37. The Kier molecular flexibility index (Phi) is 5.36. The summed E-state index contributed by atoms with van der Waals surface area (Å²) in [7, 11) is 1.63. The molecule has 5 heteroatoms. The van der Waals surface area contributed by atoms with E-state index in [2.05, 4.69) is 21.2 Å². The highest BCUT2D eigenvalue weighted by Gasteiger charge is 2.16. The molecule has 2 aromatic rings. The number of amides is 1. The number of halogens is 1. The minimum atomic E-state index is -0.514. The van der Waals surface area contributed by atoms with Gasteiger partial charge in [0.25, 0.3) is 0 Å². The van der Waals surface area contributed by atoms with Crippen LogP contribution in [0.15, 0.2) is 53.0 Å². The molecule has 1 atom stereocenters. The van der Waals surface area contributed by atoms with Crippen LogP contribution in [0.4, 0.5) is 0 Å². The number of nitrogens with one attached hydrogen (secondary N) is 1. The number of carbonyl (C=O) groups excluding carboxylic acids is 1. The zero-order valence-corrected chi connectivity index (χ0v) is 13.3. The van der Waals surface area contributed by atoms with Crippen LogP contribution in [0.2, 0.25) is 0 Å².